The van der Waals surface area contributed by atoms with E-state index in [1.54, 1.807) is 18.2 Å². The lowest BCUT2D eigenvalue weighted by molar-refractivity contribution is 0.475. The number of rotatable bonds is 1. The largest absolute Gasteiger partial charge is 0.508 e. The third kappa shape index (κ3) is 2.25. The number of phenolic OH excluding ortho intramolecular Hbond substituents is 1. The molecule has 5 nitrogen and oxygen atoms in total. The maximum Gasteiger partial charge on any atom is 0.314 e. The summed E-state index contributed by atoms with van der Waals surface area (Å²) in [7, 11) is 0. The molecule has 3 N–H and O–H groups in total. The van der Waals surface area contributed by atoms with E-state index in [4.69, 9.17) is 0 Å². The third-order valence-corrected chi connectivity index (χ3v) is 4.49. The third-order valence-electron chi connectivity index (χ3n) is 4.49. The smallest absolute Gasteiger partial charge is 0.314 e. The van der Waals surface area contributed by atoms with Gasteiger partial charge in [-0.2, -0.15) is 0 Å². The molecular formula is C18H16N2O3. The number of fused-ring (bicyclic) bond motifs is 3. The van der Waals surface area contributed by atoms with Crippen LogP contribution in [0.4, 0.5) is 0 Å². The summed E-state index contributed by atoms with van der Waals surface area (Å²) in [5.74, 6) is 0.167. The van der Waals surface area contributed by atoms with E-state index in [1.165, 1.54) is 5.56 Å². The van der Waals surface area contributed by atoms with Crippen molar-refractivity contribution in [3.05, 3.63) is 62.2 Å². The SMILES string of the molecule is O=c1[nH]c2c(-c3cccc(O)c3)cc3c(c2[nH]c1=O)CCCC3. The van der Waals surface area contributed by atoms with Crippen LogP contribution in [-0.4, -0.2) is 15.1 Å². The summed E-state index contributed by atoms with van der Waals surface area (Å²) in [6, 6.07) is 8.98. The topological polar surface area (TPSA) is 85.9 Å². The fourth-order valence-corrected chi connectivity index (χ4v) is 3.41. The highest BCUT2D eigenvalue weighted by molar-refractivity contribution is 5.94. The van der Waals surface area contributed by atoms with Crippen LogP contribution in [0.25, 0.3) is 22.2 Å². The molecule has 1 aromatic heterocycles. The number of nitrogens with one attached hydrogen (secondary N) is 2. The zero-order chi connectivity index (χ0) is 16.0. The maximum atomic E-state index is 11.8. The van der Waals surface area contributed by atoms with Crippen molar-refractivity contribution in [2.45, 2.75) is 25.7 Å². The van der Waals surface area contributed by atoms with Gasteiger partial charge in [0.05, 0.1) is 11.0 Å². The van der Waals surface area contributed by atoms with E-state index in [-0.39, 0.29) is 5.75 Å². The Bertz CT molecular complexity index is 1030. The number of aryl methyl sites for hydroxylation is 2. The van der Waals surface area contributed by atoms with Gasteiger partial charge in [-0.25, -0.2) is 0 Å². The molecule has 2 aromatic carbocycles. The lowest BCUT2D eigenvalue weighted by Crippen LogP contribution is -2.29. The Morgan fingerprint density at radius 1 is 0.913 bits per heavy atom. The van der Waals surface area contributed by atoms with Gasteiger partial charge in [0.2, 0.25) is 0 Å². The summed E-state index contributed by atoms with van der Waals surface area (Å²) in [4.78, 5) is 29.0. The second-order valence-corrected chi connectivity index (χ2v) is 5.98. The monoisotopic (exact) mass is 308 g/mol. The van der Waals surface area contributed by atoms with Crippen molar-refractivity contribution in [1.82, 2.24) is 9.97 Å². The Labute approximate surface area is 131 Å². The normalized spacial score (nSPS) is 13.9. The molecule has 4 rings (SSSR count). The molecule has 0 saturated carbocycles. The van der Waals surface area contributed by atoms with E-state index in [9.17, 15) is 14.7 Å². The average Bonchev–Trinajstić information content (AvgIpc) is 2.55. The molecule has 116 valence electrons. The van der Waals surface area contributed by atoms with Gasteiger partial charge in [-0.15, -0.1) is 0 Å². The highest BCUT2D eigenvalue weighted by Crippen LogP contribution is 2.34. The molecule has 0 aliphatic heterocycles. The molecule has 1 aliphatic rings. The van der Waals surface area contributed by atoms with Gasteiger partial charge in [0, 0.05) is 5.56 Å². The molecule has 0 saturated heterocycles. The van der Waals surface area contributed by atoms with Crippen LogP contribution >= 0.6 is 0 Å². The minimum Gasteiger partial charge on any atom is -0.508 e. The van der Waals surface area contributed by atoms with Crippen molar-refractivity contribution < 1.29 is 5.11 Å². The molecule has 0 atom stereocenters. The lowest BCUT2D eigenvalue weighted by atomic mass is 9.87. The van der Waals surface area contributed by atoms with Gasteiger partial charge >= 0.3 is 11.1 Å². The minimum atomic E-state index is -0.658. The van der Waals surface area contributed by atoms with Crippen LogP contribution < -0.4 is 11.1 Å². The molecule has 0 bridgehead atoms. The predicted octanol–water partition coefficient (Wildman–Crippen LogP) is 2.47. The first-order valence-corrected chi connectivity index (χ1v) is 7.74. The molecule has 0 radical (unpaired) electrons. The van der Waals surface area contributed by atoms with Gasteiger partial charge < -0.3 is 15.1 Å². The van der Waals surface area contributed by atoms with Crippen molar-refractivity contribution in [3.63, 3.8) is 0 Å². The number of H-pyrrole nitrogens is 2. The Morgan fingerprint density at radius 3 is 2.43 bits per heavy atom. The first-order chi connectivity index (χ1) is 11.1. The van der Waals surface area contributed by atoms with E-state index in [0.29, 0.717) is 11.0 Å². The molecule has 0 amide bonds. The van der Waals surface area contributed by atoms with Crippen molar-refractivity contribution in [3.8, 4) is 16.9 Å². The Kier molecular flexibility index (Phi) is 3.08. The summed E-state index contributed by atoms with van der Waals surface area (Å²) in [6.07, 6.45) is 4.05. The second-order valence-electron chi connectivity index (χ2n) is 5.98. The van der Waals surface area contributed by atoms with Crippen molar-refractivity contribution in [1.29, 1.82) is 0 Å². The molecular weight excluding hydrogens is 292 g/mol. The lowest BCUT2D eigenvalue weighted by Gasteiger charge is -2.20. The summed E-state index contributed by atoms with van der Waals surface area (Å²) in [5.41, 5.74) is 4.00. The Hall–Kier alpha value is -2.82. The van der Waals surface area contributed by atoms with Gasteiger partial charge in [0.25, 0.3) is 0 Å². The van der Waals surface area contributed by atoms with Gasteiger partial charge in [-0.1, -0.05) is 12.1 Å². The van der Waals surface area contributed by atoms with Crippen LogP contribution in [0.2, 0.25) is 0 Å². The number of aromatic nitrogens is 2. The molecule has 5 heteroatoms. The molecule has 0 unspecified atom stereocenters. The fourth-order valence-electron chi connectivity index (χ4n) is 3.41. The molecule has 0 fully saturated rings. The van der Waals surface area contributed by atoms with E-state index in [1.807, 2.05) is 6.07 Å². The molecule has 3 aromatic rings. The van der Waals surface area contributed by atoms with Gasteiger partial charge in [0.15, 0.2) is 0 Å². The first-order valence-electron chi connectivity index (χ1n) is 7.74. The van der Waals surface area contributed by atoms with Crippen LogP contribution in [0, 0.1) is 0 Å². The quantitative estimate of drug-likeness (QED) is 0.604. The van der Waals surface area contributed by atoms with E-state index in [0.717, 1.165) is 42.4 Å². The van der Waals surface area contributed by atoms with Crippen LogP contribution in [0.3, 0.4) is 0 Å². The van der Waals surface area contributed by atoms with Crippen molar-refractivity contribution in [2.75, 3.05) is 0 Å². The minimum absolute atomic E-state index is 0.167. The van der Waals surface area contributed by atoms with Crippen molar-refractivity contribution in [2.24, 2.45) is 0 Å². The van der Waals surface area contributed by atoms with Gasteiger partial charge in [-0.05, 0) is 60.6 Å². The van der Waals surface area contributed by atoms with Crippen LogP contribution in [-0.2, 0) is 12.8 Å². The predicted molar refractivity (Wildman–Crippen MR) is 88.9 cm³/mol. The first kappa shape index (κ1) is 13.8. The zero-order valence-corrected chi connectivity index (χ0v) is 12.5. The van der Waals surface area contributed by atoms with Crippen LogP contribution in [0.15, 0.2) is 39.9 Å². The molecule has 1 aliphatic carbocycles. The summed E-state index contributed by atoms with van der Waals surface area (Å²) < 4.78 is 0. The highest BCUT2D eigenvalue weighted by atomic mass is 16.3. The number of aromatic hydroxyl groups is 1. The fraction of sp³-hybridized carbons (Fsp3) is 0.222. The zero-order valence-electron chi connectivity index (χ0n) is 12.5. The molecule has 23 heavy (non-hydrogen) atoms. The number of hydrogen-bond donors (Lipinski definition) is 3. The summed E-state index contributed by atoms with van der Waals surface area (Å²) >= 11 is 0. The van der Waals surface area contributed by atoms with E-state index >= 15 is 0 Å². The van der Waals surface area contributed by atoms with Crippen LogP contribution in [0.1, 0.15) is 24.0 Å². The molecule has 0 spiro atoms. The van der Waals surface area contributed by atoms with Crippen LogP contribution in [0.5, 0.6) is 5.75 Å². The van der Waals surface area contributed by atoms with Gasteiger partial charge in [0.1, 0.15) is 5.75 Å². The van der Waals surface area contributed by atoms with Gasteiger partial charge in [-0.3, -0.25) is 9.59 Å². The van der Waals surface area contributed by atoms with E-state index in [2.05, 4.69) is 16.0 Å². The number of aromatic amines is 2. The number of hydrogen-bond acceptors (Lipinski definition) is 3. The molecule has 1 heterocycles. The second kappa shape index (κ2) is 5.12. The van der Waals surface area contributed by atoms with E-state index < -0.39 is 11.1 Å². The standard InChI is InChI=1S/C18H16N2O3/c21-12-6-3-5-10(8-12)14-9-11-4-1-2-7-13(11)15-16(14)20-18(23)17(22)19-15/h3,5-6,8-9,21H,1-2,4,7H2,(H,19,22)(H,20,23). The maximum absolute atomic E-state index is 11.8. The Balaban J connectivity index is 2.13. The number of benzene rings is 2. The van der Waals surface area contributed by atoms with Crippen molar-refractivity contribution >= 4 is 11.0 Å². The Morgan fingerprint density at radius 2 is 1.65 bits per heavy atom. The summed E-state index contributed by atoms with van der Waals surface area (Å²) in [6.45, 7) is 0. The summed E-state index contributed by atoms with van der Waals surface area (Å²) in [5, 5.41) is 9.75. The average molecular weight is 308 g/mol. The number of phenols is 1. The highest BCUT2D eigenvalue weighted by Gasteiger charge is 2.18.